The lowest BCUT2D eigenvalue weighted by molar-refractivity contribution is 0.188. The van der Waals surface area contributed by atoms with Gasteiger partial charge in [-0.3, -0.25) is 29.1 Å². The van der Waals surface area contributed by atoms with E-state index in [4.69, 9.17) is 64.0 Å². The second-order valence-electron chi connectivity index (χ2n) is 15.9. The van der Waals surface area contributed by atoms with Gasteiger partial charge in [-0.1, -0.05) is 63.8 Å². The van der Waals surface area contributed by atoms with E-state index in [1.807, 2.05) is 0 Å². The van der Waals surface area contributed by atoms with Crippen LogP contribution in [-0.2, 0) is 27.2 Å². The van der Waals surface area contributed by atoms with Gasteiger partial charge in [-0.2, -0.15) is 0 Å². The average molecular weight is 1180 g/mol. The number of unbranched alkanes of at least 4 members (excludes halogenated alkanes) is 8. The van der Waals surface area contributed by atoms with Crippen molar-refractivity contribution < 1.29 is 27.2 Å². The molecule has 16 N–H and O–H groups in total. The van der Waals surface area contributed by atoms with Crippen molar-refractivity contribution in [3.8, 4) is 0 Å². The van der Waals surface area contributed by atoms with E-state index in [1.54, 1.807) is 0 Å². The Morgan fingerprint density at radius 3 is 0.944 bits per heavy atom. The van der Waals surface area contributed by atoms with Gasteiger partial charge in [0.1, 0.15) is 0 Å². The summed E-state index contributed by atoms with van der Waals surface area (Å²) in [7, 11) is -6.93. The van der Waals surface area contributed by atoms with E-state index in [1.165, 1.54) is 25.7 Å². The fourth-order valence-electron chi connectivity index (χ4n) is 6.34. The Morgan fingerprint density at radius 2 is 0.662 bits per heavy atom. The van der Waals surface area contributed by atoms with Crippen LogP contribution in [0.5, 0.6) is 0 Å². The third-order valence-electron chi connectivity index (χ3n) is 9.88. The Hall–Kier alpha value is -1.48. The molecule has 0 spiro atoms. The Bertz CT molecular complexity index is 1310. The van der Waals surface area contributed by atoms with E-state index in [0.717, 1.165) is 25.7 Å². The number of allylic oxidation sites excluding steroid dienone is 2. The number of rotatable bonds is 46. The summed E-state index contributed by atoms with van der Waals surface area (Å²) >= 11 is 0. The quantitative estimate of drug-likeness (QED) is 0.00964. The lowest BCUT2D eigenvalue weighted by Crippen LogP contribution is -2.31. The SMILES string of the molecule is CCCCC/C=C\CCOP(=O)(CCN(CCCN=C(N)N)CCCN=C(N)N)OCCCCCOP(=O)(CCN(CCCN=C(N)N)CCCN=C(N)N)OCC/C=C\CCCCC.Cl.Cl.Cl.Cl.Cl.Cl. The van der Waals surface area contributed by atoms with Gasteiger partial charge in [0.15, 0.2) is 23.8 Å². The van der Waals surface area contributed by atoms with Crippen LogP contribution in [0.4, 0.5) is 0 Å². The number of nitrogens with zero attached hydrogens (tertiary/aromatic N) is 6. The van der Waals surface area contributed by atoms with Crippen molar-refractivity contribution in [2.24, 2.45) is 65.8 Å². The Kier molecular flexibility index (Phi) is 68.0. The molecule has 0 bridgehead atoms. The summed E-state index contributed by atoms with van der Waals surface area (Å²) < 4.78 is 52.6. The molecule has 0 rings (SSSR count). The highest BCUT2D eigenvalue weighted by molar-refractivity contribution is 7.54. The number of guanidine groups is 4. The molecule has 0 saturated carbocycles. The van der Waals surface area contributed by atoms with Crippen LogP contribution in [0.15, 0.2) is 44.3 Å². The summed E-state index contributed by atoms with van der Waals surface area (Å²) in [5.41, 5.74) is 44.2. The Balaban J connectivity index is -0.00000137. The summed E-state index contributed by atoms with van der Waals surface area (Å²) in [5, 5.41) is 0. The van der Waals surface area contributed by atoms with Gasteiger partial charge in [0.25, 0.3) is 0 Å². The molecule has 20 nitrogen and oxygen atoms in total. The van der Waals surface area contributed by atoms with E-state index < -0.39 is 15.2 Å². The highest BCUT2D eigenvalue weighted by atomic mass is 35.5. The highest BCUT2D eigenvalue weighted by Crippen LogP contribution is 2.49. The second-order valence-corrected chi connectivity index (χ2v) is 20.3. The molecule has 0 aliphatic carbocycles. The van der Waals surface area contributed by atoms with Gasteiger partial charge in [-0.05, 0) is 110 Å². The number of nitrogens with two attached hydrogens (primary N) is 8. The van der Waals surface area contributed by atoms with Crippen LogP contribution in [0.1, 0.15) is 123 Å². The van der Waals surface area contributed by atoms with Gasteiger partial charge >= 0.3 is 15.2 Å². The number of hydrogen-bond acceptors (Lipinski definition) is 12. The zero-order valence-electron chi connectivity index (χ0n) is 42.7. The summed E-state index contributed by atoms with van der Waals surface area (Å²) in [6.07, 6.45) is 24.0. The third-order valence-corrected chi connectivity index (χ3v) is 13.7. The summed E-state index contributed by atoms with van der Waals surface area (Å²) in [5.74, 6) is 0.180. The fraction of sp³-hybridized carbons (Fsp3) is 0.814. The molecular formula is C43H98Cl6N14O6P2. The summed E-state index contributed by atoms with van der Waals surface area (Å²) in [6, 6.07) is 0. The molecule has 428 valence electrons. The Labute approximate surface area is 465 Å². The van der Waals surface area contributed by atoms with Crippen molar-refractivity contribution in [1.82, 2.24) is 9.80 Å². The van der Waals surface area contributed by atoms with E-state index in [2.05, 4.69) is 67.9 Å². The van der Waals surface area contributed by atoms with Crippen LogP contribution in [-0.4, -0.2) is 138 Å². The molecule has 0 aromatic rings. The molecule has 28 heteroatoms. The molecule has 0 fully saturated rings. The minimum atomic E-state index is -3.46. The predicted octanol–water partition coefficient (Wildman–Crippen LogP) is 7.45. The average Bonchev–Trinajstić information content (AvgIpc) is 3.25. The first-order valence-corrected chi connectivity index (χ1v) is 27.4. The number of aliphatic imine (C=N–C) groups is 4. The maximum atomic E-state index is 14.2. The second kappa shape index (κ2) is 57.8. The van der Waals surface area contributed by atoms with E-state index in [0.29, 0.717) is 123 Å². The smallest absolute Gasteiger partial charge is 0.331 e. The fourth-order valence-corrected chi connectivity index (χ4v) is 9.65. The number of hydrogen-bond donors (Lipinski definition) is 8. The van der Waals surface area contributed by atoms with E-state index >= 15 is 0 Å². The van der Waals surface area contributed by atoms with Gasteiger partial charge in [0.2, 0.25) is 0 Å². The van der Waals surface area contributed by atoms with Crippen molar-refractivity contribution in [3.63, 3.8) is 0 Å². The van der Waals surface area contributed by atoms with E-state index in [-0.39, 0.29) is 137 Å². The third kappa shape index (κ3) is 57.7. The molecule has 0 heterocycles. The molecular weight excluding hydrogens is 1080 g/mol. The molecule has 0 aliphatic rings. The van der Waals surface area contributed by atoms with Gasteiger partial charge < -0.3 is 73.8 Å². The van der Waals surface area contributed by atoms with Crippen molar-refractivity contribution in [3.05, 3.63) is 24.3 Å². The lowest BCUT2D eigenvalue weighted by atomic mass is 10.2. The van der Waals surface area contributed by atoms with Gasteiger partial charge in [-0.25, -0.2) is 0 Å². The maximum Gasteiger partial charge on any atom is 0.331 e. The first kappa shape index (κ1) is 83.5. The van der Waals surface area contributed by atoms with Gasteiger partial charge in [-0.15, -0.1) is 74.4 Å². The monoisotopic (exact) mass is 1180 g/mol. The minimum absolute atomic E-state index is 0. The first-order valence-electron chi connectivity index (χ1n) is 24.0. The molecule has 2 unspecified atom stereocenters. The largest absolute Gasteiger partial charge is 0.370 e. The first-order chi connectivity index (χ1) is 31.2. The van der Waals surface area contributed by atoms with Crippen LogP contribution in [0.2, 0.25) is 0 Å². The molecule has 0 aliphatic heterocycles. The van der Waals surface area contributed by atoms with Crippen LogP contribution >= 0.6 is 89.6 Å². The minimum Gasteiger partial charge on any atom is -0.370 e. The van der Waals surface area contributed by atoms with Crippen molar-refractivity contribution in [1.29, 1.82) is 0 Å². The zero-order chi connectivity index (χ0) is 48.3. The topological polar surface area (TPSA) is 335 Å². The molecule has 0 aromatic heterocycles. The standard InChI is InChI=1S/C43H92N14O6P2.6ClH/c1-3-5-7-9-11-13-16-34-60-64(58,38-32-56(28-20-24-52-40(44)45)29-21-25-53-41(46)47)62-36-18-15-19-37-63-65(59,61-35-17-14-12-10-8-6-4-2)39-33-57(30-22-26-54-42(48)49)31-23-27-55-43(50)51;;;;;;/h11-14H,3-10,15-39H2,1-2H3,(H4,44,45,52)(H4,46,47,53)(H4,48,49,54)(H4,50,51,55);6*1H/b13-11-,14-12-;;;;;;. The molecule has 2 atom stereocenters. The molecule has 71 heavy (non-hydrogen) atoms. The van der Waals surface area contributed by atoms with Gasteiger partial charge in [0, 0.05) is 39.3 Å². The van der Waals surface area contributed by atoms with Crippen molar-refractivity contribution in [2.75, 3.05) is 104 Å². The maximum absolute atomic E-state index is 14.2. The lowest BCUT2D eigenvalue weighted by Gasteiger charge is -2.25. The normalized spacial score (nSPS) is 12.5. The zero-order valence-corrected chi connectivity index (χ0v) is 49.4. The summed E-state index contributed by atoms with van der Waals surface area (Å²) in [4.78, 5) is 20.7. The molecule has 0 saturated heterocycles. The van der Waals surface area contributed by atoms with Crippen LogP contribution in [0.25, 0.3) is 0 Å². The van der Waals surface area contributed by atoms with Crippen molar-refractivity contribution in [2.45, 2.75) is 123 Å². The van der Waals surface area contributed by atoms with Crippen LogP contribution < -0.4 is 45.9 Å². The molecule has 0 aromatic carbocycles. The van der Waals surface area contributed by atoms with E-state index in [9.17, 15) is 9.13 Å². The van der Waals surface area contributed by atoms with Crippen LogP contribution in [0.3, 0.4) is 0 Å². The highest BCUT2D eigenvalue weighted by Gasteiger charge is 2.27. The van der Waals surface area contributed by atoms with Crippen molar-refractivity contribution >= 4 is 113 Å². The molecule has 0 radical (unpaired) electrons. The predicted molar refractivity (Wildman–Crippen MR) is 316 cm³/mol. The Morgan fingerprint density at radius 1 is 0.380 bits per heavy atom. The number of halogens is 6. The summed E-state index contributed by atoms with van der Waals surface area (Å²) in [6.45, 7) is 11.0. The van der Waals surface area contributed by atoms with Crippen LogP contribution in [0, 0.1) is 0 Å². The van der Waals surface area contributed by atoms with Gasteiger partial charge in [0.05, 0.1) is 38.8 Å². The molecule has 0 amide bonds.